The van der Waals surface area contributed by atoms with E-state index in [2.05, 4.69) is 10.3 Å². The van der Waals surface area contributed by atoms with Crippen molar-refractivity contribution in [2.45, 2.75) is 24.9 Å². The van der Waals surface area contributed by atoms with Gasteiger partial charge in [0.1, 0.15) is 6.04 Å². The molecule has 1 aliphatic heterocycles. The summed E-state index contributed by atoms with van der Waals surface area (Å²) >= 11 is 1.46. The molecule has 2 atom stereocenters. The summed E-state index contributed by atoms with van der Waals surface area (Å²) in [4.78, 5) is 28.5. The molecule has 102 valence electrons. The molecular formula is C12H15N3O3S. The Labute approximate surface area is 115 Å². The summed E-state index contributed by atoms with van der Waals surface area (Å²) in [6.45, 7) is 2.17. The maximum Gasteiger partial charge on any atom is 0.327 e. The predicted molar refractivity (Wildman–Crippen MR) is 71.7 cm³/mol. The molecule has 1 aromatic heterocycles. The number of carbonyl (C=O) groups is 2. The van der Waals surface area contributed by atoms with Crippen molar-refractivity contribution in [1.82, 2.24) is 15.2 Å². The third-order valence-corrected chi connectivity index (χ3v) is 4.13. The van der Waals surface area contributed by atoms with E-state index in [0.717, 1.165) is 5.56 Å². The fourth-order valence-electron chi connectivity index (χ4n) is 1.91. The van der Waals surface area contributed by atoms with E-state index in [0.29, 0.717) is 12.3 Å². The molecule has 2 unspecified atom stereocenters. The second-order valence-corrected chi connectivity index (χ2v) is 5.56. The number of carboxylic acid groups (broad SMARTS) is 1. The van der Waals surface area contributed by atoms with Crippen molar-refractivity contribution in [3.63, 3.8) is 0 Å². The highest BCUT2D eigenvalue weighted by Crippen LogP contribution is 2.28. The second-order valence-electron chi connectivity index (χ2n) is 4.21. The van der Waals surface area contributed by atoms with Crippen LogP contribution in [0.4, 0.5) is 4.79 Å². The highest BCUT2D eigenvalue weighted by Gasteiger charge is 2.39. The molecule has 1 aliphatic rings. The van der Waals surface area contributed by atoms with E-state index in [9.17, 15) is 9.59 Å². The molecule has 0 spiro atoms. The summed E-state index contributed by atoms with van der Waals surface area (Å²) in [7, 11) is 0. The number of pyridine rings is 1. The number of aliphatic carboxylic acids is 1. The SMILES string of the molecule is CC1SCC(C(=O)O)N1C(=O)NCc1cccnc1. The normalized spacial score (nSPS) is 22.3. The molecule has 0 aliphatic carbocycles. The average molecular weight is 281 g/mol. The summed E-state index contributed by atoms with van der Waals surface area (Å²) in [6, 6.07) is 2.53. The van der Waals surface area contributed by atoms with Crippen molar-refractivity contribution < 1.29 is 14.7 Å². The van der Waals surface area contributed by atoms with E-state index in [1.165, 1.54) is 16.7 Å². The molecule has 7 heteroatoms. The molecule has 1 saturated heterocycles. The fraction of sp³-hybridized carbons (Fsp3) is 0.417. The van der Waals surface area contributed by atoms with Crippen LogP contribution in [0.1, 0.15) is 12.5 Å². The lowest BCUT2D eigenvalue weighted by molar-refractivity contribution is -0.141. The molecule has 0 saturated carbocycles. The molecule has 0 bridgehead atoms. The number of urea groups is 1. The van der Waals surface area contributed by atoms with Gasteiger partial charge in [0.2, 0.25) is 0 Å². The van der Waals surface area contributed by atoms with Gasteiger partial charge in [-0.3, -0.25) is 9.88 Å². The molecule has 2 rings (SSSR count). The van der Waals surface area contributed by atoms with Gasteiger partial charge in [-0.15, -0.1) is 11.8 Å². The number of thioether (sulfide) groups is 1. The maximum absolute atomic E-state index is 12.1. The molecule has 0 aromatic carbocycles. The predicted octanol–water partition coefficient (Wildman–Crippen LogP) is 1.14. The van der Waals surface area contributed by atoms with E-state index in [1.54, 1.807) is 18.5 Å². The topological polar surface area (TPSA) is 82.5 Å². The molecule has 19 heavy (non-hydrogen) atoms. The lowest BCUT2D eigenvalue weighted by Crippen LogP contribution is -2.49. The van der Waals surface area contributed by atoms with Crippen LogP contribution in [0.25, 0.3) is 0 Å². The fourth-order valence-corrected chi connectivity index (χ4v) is 3.08. The Morgan fingerprint density at radius 2 is 2.42 bits per heavy atom. The first kappa shape index (κ1) is 13.7. The van der Waals surface area contributed by atoms with E-state index in [-0.39, 0.29) is 11.4 Å². The lowest BCUT2D eigenvalue weighted by atomic mass is 10.3. The van der Waals surface area contributed by atoms with E-state index in [1.807, 2.05) is 13.0 Å². The van der Waals surface area contributed by atoms with Crippen LogP contribution in [0.5, 0.6) is 0 Å². The zero-order chi connectivity index (χ0) is 13.8. The summed E-state index contributed by atoms with van der Waals surface area (Å²) in [6.07, 6.45) is 3.32. The van der Waals surface area contributed by atoms with Crippen LogP contribution >= 0.6 is 11.8 Å². The van der Waals surface area contributed by atoms with Crippen molar-refractivity contribution in [1.29, 1.82) is 0 Å². The Bertz CT molecular complexity index is 469. The molecule has 6 nitrogen and oxygen atoms in total. The van der Waals surface area contributed by atoms with Gasteiger partial charge in [0, 0.05) is 24.7 Å². The number of amides is 2. The number of carboxylic acids is 1. The van der Waals surface area contributed by atoms with Gasteiger partial charge >= 0.3 is 12.0 Å². The Kier molecular flexibility index (Phi) is 4.26. The monoisotopic (exact) mass is 281 g/mol. The standard InChI is InChI=1S/C12H15N3O3S/c1-8-15(10(7-19-8)11(16)17)12(18)14-6-9-3-2-4-13-5-9/h2-5,8,10H,6-7H2,1H3,(H,14,18)(H,16,17). The van der Waals surface area contributed by atoms with Crippen LogP contribution in [0.3, 0.4) is 0 Å². The van der Waals surface area contributed by atoms with E-state index >= 15 is 0 Å². The van der Waals surface area contributed by atoms with Gasteiger partial charge in [0.15, 0.2) is 0 Å². The highest BCUT2D eigenvalue weighted by atomic mass is 32.2. The maximum atomic E-state index is 12.1. The zero-order valence-electron chi connectivity index (χ0n) is 10.4. The van der Waals surface area contributed by atoms with Crippen molar-refractivity contribution in [3.8, 4) is 0 Å². The van der Waals surface area contributed by atoms with E-state index < -0.39 is 12.0 Å². The number of hydrogen-bond acceptors (Lipinski definition) is 4. The van der Waals surface area contributed by atoms with Gasteiger partial charge in [0.05, 0.1) is 5.37 Å². The Balaban J connectivity index is 1.97. The van der Waals surface area contributed by atoms with Crippen molar-refractivity contribution in [3.05, 3.63) is 30.1 Å². The zero-order valence-corrected chi connectivity index (χ0v) is 11.3. The minimum Gasteiger partial charge on any atom is -0.480 e. The Hall–Kier alpha value is -1.76. The Morgan fingerprint density at radius 3 is 3.05 bits per heavy atom. The molecule has 2 amide bonds. The minimum absolute atomic E-state index is 0.130. The van der Waals surface area contributed by atoms with Gasteiger partial charge < -0.3 is 10.4 Å². The number of nitrogens with zero attached hydrogens (tertiary/aromatic N) is 2. The van der Waals surface area contributed by atoms with Gasteiger partial charge in [-0.05, 0) is 18.6 Å². The molecule has 1 aromatic rings. The number of aromatic nitrogens is 1. The van der Waals surface area contributed by atoms with Gasteiger partial charge in [-0.25, -0.2) is 9.59 Å². The molecule has 2 heterocycles. The van der Waals surface area contributed by atoms with Crippen LogP contribution in [-0.2, 0) is 11.3 Å². The minimum atomic E-state index is -0.964. The molecule has 0 radical (unpaired) electrons. The molecular weight excluding hydrogens is 266 g/mol. The number of hydrogen-bond donors (Lipinski definition) is 2. The van der Waals surface area contributed by atoms with Gasteiger partial charge in [-0.1, -0.05) is 6.07 Å². The van der Waals surface area contributed by atoms with Crippen molar-refractivity contribution in [2.24, 2.45) is 0 Å². The van der Waals surface area contributed by atoms with Crippen molar-refractivity contribution >= 4 is 23.8 Å². The number of nitrogens with one attached hydrogen (secondary N) is 1. The summed E-state index contributed by atoms with van der Waals surface area (Å²) < 4.78 is 0. The van der Waals surface area contributed by atoms with Crippen molar-refractivity contribution in [2.75, 3.05) is 5.75 Å². The lowest BCUT2D eigenvalue weighted by Gasteiger charge is -2.25. The summed E-state index contributed by atoms with van der Waals surface area (Å²) in [5, 5.41) is 11.7. The summed E-state index contributed by atoms with van der Waals surface area (Å²) in [5.74, 6) is -0.537. The quantitative estimate of drug-likeness (QED) is 0.868. The average Bonchev–Trinajstić information content (AvgIpc) is 2.79. The first-order chi connectivity index (χ1) is 9.09. The van der Waals surface area contributed by atoms with Crippen LogP contribution in [0.2, 0.25) is 0 Å². The molecule has 2 N–H and O–H groups in total. The van der Waals surface area contributed by atoms with Crippen LogP contribution in [0, 0.1) is 0 Å². The van der Waals surface area contributed by atoms with E-state index in [4.69, 9.17) is 5.11 Å². The van der Waals surface area contributed by atoms with Crippen LogP contribution in [-0.4, -0.2) is 44.2 Å². The first-order valence-corrected chi connectivity index (χ1v) is 6.94. The van der Waals surface area contributed by atoms with Crippen LogP contribution in [0.15, 0.2) is 24.5 Å². The summed E-state index contributed by atoms with van der Waals surface area (Å²) in [5.41, 5.74) is 0.877. The highest BCUT2D eigenvalue weighted by molar-refractivity contribution is 8.00. The third-order valence-electron chi connectivity index (χ3n) is 2.91. The third kappa shape index (κ3) is 3.17. The van der Waals surface area contributed by atoms with Gasteiger partial charge in [-0.2, -0.15) is 0 Å². The first-order valence-electron chi connectivity index (χ1n) is 5.89. The second kappa shape index (κ2) is 5.92. The molecule has 1 fully saturated rings. The van der Waals surface area contributed by atoms with Crippen LogP contribution < -0.4 is 5.32 Å². The van der Waals surface area contributed by atoms with Gasteiger partial charge in [0.25, 0.3) is 0 Å². The Morgan fingerprint density at radius 1 is 1.63 bits per heavy atom. The number of rotatable bonds is 3. The number of carbonyl (C=O) groups excluding carboxylic acids is 1. The smallest absolute Gasteiger partial charge is 0.327 e. The largest absolute Gasteiger partial charge is 0.480 e.